The summed E-state index contributed by atoms with van der Waals surface area (Å²) >= 11 is 0. The van der Waals surface area contributed by atoms with E-state index in [1.807, 2.05) is 11.8 Å². The van der Waals surface area contributed by atoms with Gasteiger partial charge in [0.2, 0.25) is 5.91 Å². The SMILES string of the molecule is COCCCN(CC(C)C(=O)OC)C(=O)CC1CCCCC1. The van der Waals surface area contributed by atoms with Gasteiger partial charge in [0.1, 0.15) is 0 Å². The molecule has 1 saturated carbocycles. The molecule has 0 N–H and O–H groups in total. The Morgan fingerprint density at radius 3 is 2.45 bits per heavy atom. The van der Waals surface area contributed by atoms with Gasteiger partial charge in [0.25, 0.3) is 0 Å². The molecule has 1 rings (SSSR count). The molecule has 0 aromatic rings. The highest BCUT2D eigenvalue weighted by Crippen LogP contribution is 2.27. The van der Waals surface area contributed by atoms with Gasteiger partial charge in [-0.1, -0.05) is 26.2 Å². The van der Waals surface area contributed by atoms with Gasteiger partial charge in [0.05, 0.1) is 13.0 Å². The van der Waals surface area contributed by atoms with Gasteiger partial charge >= 0.3 is 5.97 Å². The Morgan fingerprint density at radius 2 is 1.86 bits per heavy atom. The number of hydrogen-bond acceptors (Lipinski definition) is 4. The quantitative estimate of drug-likeness (QED) is 0.485. The first kappa shape index (κ1) is 18.9. The van der Waals surface area contributed by atoms with E-state index in [1.54, 1.807) is 7.11 Å². The highest BCUT2D eigenvalue weighted by molar-refractivity contribution is 5.78. The van der Waals surface area contributed by atoms with E-state index in [-0.39, 0.29) is 17.8 Å². The van der Waals surface area contributed by atoms with Gasteiger partial charge in [-0.25, -0.2) is 0 Å². The van der Waals surface area contributed by atoms with Crippen molar-refractivity contribution in [3.05, 3.63) is 0 Å². The molecule has 0 aromatic carbocycles. The minimum absolute atomic E-state index is 0.166. The van der Waals surface area contributed by atoms with Crippen LogP contribution in [0, 0.1) is 11.8 Å². The highest BCUT2D eigenvalue weighted by Gasteiger charge is 2.24. The van der Waals surface area contributed by atoms with Crippen molar-refractivity contribution >= 4 is 11.9 Å². The molecule has 0 radical (unpaired) electrons. The van der Waals surface area contributed by atoms with Crippen molar-refractivity contribution in [1.29, 1.82) is 0 Å². The molecule has 0 bridgehead atoms. The summed E-state index contributed by atoms with van der Waals surface area (Å²) in [6.45, 7) is 3.51. The first-order chi connectivity index (χ1) is 10.6. The lowest BCUT2D eigenvalue weighted by Crippen LogP contribution is -2.39. The Labute approximate surface area is 134 Å². The van der Waals surface area contributed by atoms with Crippen LogP contribution in [0.5, 0.6) is 0 Å². The van der Waals surface area contributed by atoms with E-state index in [0.717, 1.165) is 19.3 Å². The van der Waals surface area contributed by atoms with Crippen molar-refractivity contribution < 1.29 is 19.1 Å². The van der Waals surface area contributed by atoms with Gasteiger partial charge in [-0.05, 0) is 25.2 Å². The lowest BCUT2D eigenvalue weighted by molar-refractivity contribution is -0.146. The van der Waals surface area contributed by atoms with Crippen LogP contribution in [0.4, 0.5) is 0 Å². The molecule has 0 spiro atoms. The normalized spacial score (nSPS) is 17.0. The minimum Gasteiger partial charge on any atom is -0.469 e. The Morgan fingerprint density at radius 1 is 1.18 bits per heavy atom. The zero-order chi connectivity index (χ0) is 16.4. The molecular formula is C17H31NO4. The first-order valence-electron chi connectivity index (χ1n) is 8.43. The monoisotopic (exact) mass is 313 g/mol. The number of hydrogen-bond donors (Lipinski definition) is 0. The van der Waals surface area contributed by atoms with Gasteiger partial charge in [0, 0.05) is 33.2 Å². The van der Waals surface area contributed by atoms with E-state index >= 15 is 0 Å². The zero-order valence-electron chi connectivity index (χ0n) is 14.3. The minimum atomic E-state index is -0.289. The summed E-state index contributed by atoms with van der Waals surface area (Å²) in [5.41, 5.74) is 0. The van der Waals surface area contributed by atoms with E-state index < -0.39 is 0 Å². The van der Waals surface area contributed by atoms with Crippen molar-refractivity contribution in [2.75, 3.05) is 33.9 Å². The third kappa shape index (κ3) is 6.77. The summed E-state index contributed by atoms with van der Waals surface area (Å²) in [7, 11) is 3.04. The van der Waals surface area contributed by atoms with Gasteiger partial charge in [-0.2, -0.15) is 0 Å². The molecular weight excluding hydrogens is 282 g/mol. The summed E-state index contributed by atoms with van der Waals surface area (Å²) in [6, 6.07) is 0. The van der Waals surface area contributed by atoms with E-state index in [1.165, 1.54) is 26.4 Å². The van der Waals surface area contributed by atoms with Crippen LogP contribution in [0.25, 0.3) is 0 Å². The third-order valence-corrected chi connectivity index (χ3v) is 4.42. The second-order valence-electron chi connectivity index (χ2n) is 6.32. The van der Waals surface area contributed by atoms with Crippen LogP contribution in [0.1, 0.15) is 51.9 Å². The Bertz CT molecular complexity index is 340. The average molecular weight is 313 g/mol. The van der Waals surface area contributed by atoms with Gasteiger partial charge in [-0.3, -0.25) is 9.59 Å². The third-order valence-electron chi connectivity index (χ3n) is 4.42. The molecule has 5 nitrogen and oxygen atoms in total. The smallest absolute Gasteiger partial charge is 0.310 e. The van der Waals surface area contributed by atoms with Gasteiger partial charge < -0.3 is 14.4 Å². The molecule has 0 saturated heterocycles. The number of nitrogens with zero attached hydrogens (tertiary/aromatic N) is 1. The lowest BCUT2D eigenvalue weighted by atomic mass is 9.86. The molecule has 22 heavy (non-hydrogen) atoms. The molecule has 1 aliphatic carbocycles. The maximum absolute atomic E-state index is 12.6. The molecule has 1 aliphatic rings. The molecule has 5 heteroatoms. The number of carbonyl (C=O) groups is 2. The van der Waals surface area contributed by atoms with E-state index in [9.17, 15) is 9.59 Å². The van der Waals surface area contributed by atoms with Crippen LogP contribution in [-0.2, 0) is 19.1 Å². The summed E-state index contributed by atoms with van der Waals surface area (Å²) in [6.07, 6.45) is 7.48. The number of methoxy groups -OCH3 is 2. The molecule has 1 unspecified atom stereocenters. The van der Waals surface area contributed by atoms with Crippen molar-refractivity contribution in [3.63, 3.8) is 0 Å². The second-order valence-corrected chi connectivity index (χ2v) is 6.32. The maximum Gasteiger partial charge on any atom is 0.310 e. The van der Waals surface area contributed by atoms with Crippen molar-refractivity contribution in [2.45, 2.75) is 51.9 Å². The zero-order valence-corrected chi connectivity index (χ0v) is 14.3. The Balaban J connectivity index is 2.54. The lowest BCUT2D eigenvalue weighted by Gasteiger charge is -2.28. The first-order valence-corrected chi connectivity index (χ1v) is 8.43. The van der Waals surface area contributed by atoms with Crippen LogP contribution in [0.15, 0.2) is 0 Å². The maximum atomic E-state index is 12.6. The fourth-order valence-electron chi connectivity index (χ4n) is 3.09. The predicted molar refractivity (Wildman–Crippen MR) is 85.4 cm³/mol. The average Bonchev–Trinajstić information content (AvgIpc) is 2.54. The number of carbonyl (C=O) groups excluding carboxylic acids is 2. The summed E-state index contributed by atoms with van der Waals surface area (Å²) in [5, 5.41) is 0. The fourth-order valence-corrected chi connectivity index (χ4v) is 3.09. The summed E-state index contributed by atoms with van der Waals surface area (Å²) in [4.78, 5) is 26.0. The Kier molecular flexibility index (Phi) is 9.13. The molecule has 1 amide bonds. The van der Waals surface area contributed by atoms with Gasteiger partial charge in [0.15, 0.2) is 0 Å². The topological polar surface area (TPSA) is 55.8 Å². The van der Waals surface area contributed by atoms with Crippen molar-refractivity contribution in [1.82, 2.24) is 4.90 Å². The second kappa shape index (κ2) is 10.6. The predicted octanol–water partition coefficient (Wildman–Crippen LogP) is 2.63. The number of esters is 1. The molecule has 0 heterocycles. The van der Waals surface area contributed by atoms with E-state index in [2.05, 4.69) is 0 Å². The van der Waals surface area contributed by atoms with Crippen LogP contribution in [0.2, 0.25) is 0 Å². The molecule has 0 aromatic heterocycles. The number of amides is 1. The van der Waals surface area contributed by atoms with E-state index in [4.69, 9.17) is 9.47 Å². The molecule has 128 valence electrons. The van der Waals surface area contributed by atoms with Gasteiger partial charge in [-0.15, -0.1) is 0 Å². The highest BCUT2D eigenvalue weighted by atomic mass is 16.5. The summed E-state index contributed by atoms with van der Waals surface area (Å²) in [5.74, 6) is 0.128. The van der Waals surface area contributed by atoms with Crippen LogP contribution in [0.3, 0.4) is 0 Å². The van der Waals surface area contributed by atoms with Crippen LogP contribution < -0.4 is 0 Å². The van der Waals surface area contributed by atoms with E-state index in [0.29, 0.717) is 32.0 Å². The number of ether oxygens (including phenoxy) is 2. The molecule has 1 fully saturated rings. The number of rotatable bonds is 9. The van der Waals surface area contributed by atoms with Crippen molar-refractivity contribution in [3.8, 4) is 0 Å². The largest absolute Gasteiger partial charge is 0.469 e. The summed E-state index contributed by atoms with van der Waals surface area (Å²) < 4.78 is 9.83. The van der Waals surface area contributed by atoms with Crippen molar-refractivity contribution in [2.24, 2.45) is 11.8 Å². The standard InChI is InChI=1S/C17H31NO4/c1-14(17(20)22-3)13-18(10-7-11-21-2)16(19)12-15-8-5-4-6-9-15/h14-15H,4-13H2,1-3H3. The molecule has 1 atom stereocenters. The fraction of sp³-hybridized carbons (Fsp3) is 0.882. The Hall–Kier alpha value is -1.10. The molecule has 0 aliphatic heterocycles. The van der Waals surface area contributed by atoms with Crippen LogP contribution >= 0.6 is 0 Å². The van der Waals surface area contributed by atoms with Crippen LogP contribution in [-0.4, -0.2) is 50.7 Å².